The molecule has 0 radical (unpaired) electrons. The first-order valence-electron chi connectivity index (χ1n) is 10.8. The molecule has 2 fully saturated rings. The van der Waals surface area contributed by atoms with Gasteiger partial charge in [-0.15, -0.1) is 0 Å². The van der Waals surface area contributed by atoms with Crippen LogP contribution in [0.1, 0.15) is 31.7 Å². The normalized spacial score (nSPS) is 25.0. The van der Waals surface area contributed by atoms with Gasteiger partial charge in [-0.05, 0) is 55.0 Å². The van der Waals surface area contributed by atoms with E-state index >= 15 is 0 Å². The number of imide groups is 1. The number of hydrogen-bond acceptors (Lipinski definition) is 5. The van der Waals surface area contributed by atoms with E-state index in [4.69, 9.17) is 10.5 Å². The van der Waals surface area contributed by atoms with Gasteiger partial charge in [0.1, 0.15) is 24.2 Å². The number of nitrogens with zero attached hydrogens (tertiary/aromatic N) is 2. The van der Waals surface area contributed by atoms with Gasteiger partial charge in [0.2, 0.25) is 11.5 Å². The van der Waals surface area contributed by atoms with E-state index in [0.29, 0.717) is 16.2 Å². The fourth-order valence-electron chi connectivity index (χ4n) is 4.70. The SMILES string of the molecule is C[C@H](N(Cc1ccc(F)cc1)C(=O)CN1C(=O)OC2(CCC3CC(N)=C(F)C=C32)C1=O)C(F)(F)F. The van der Waals surface area contributed by atoms with Crippen LogP contribution in [-0.4, -0.2) is 52.1 Å². The number of halogens is 5. The maximum Gasteiger partial charge on any atom is 0.418 e. The molecule has 1 aliphatic heterocycles. The number of fused-ring (bicyclic) bond motifs is 2. The molecule has 2 unspecified atom stereocenters. The maximum absolute atomic E-state index is 14.1. The van der Waals surface area contributed by atoms with Crippen LogP contribution in [0.2, 0.25) is 0 Å². The van der Waals surface area contributed by atoms with Gasteiger partial charge < -0.3 is 15.4 Å². The molecular weight excluding hydrogens is 477 g/mol. The quantitative estimate of drug-likeness (QED) is 0.624. The number of rotatable bonds is 5. The molecule has 3 amide bonds. The highest BCUT2D eigenvalue weighted by atomic mass is 19.4. The molecule has 0 bridgehead atoms. The molecule has 188 valence electrons. The Morgan fingerprint density at radius 1 is 1.26 bits per heavy atom. The standard InChI is InChI=1S/C23H22F5N3O4/c1-12(23(26,27)28)30(10-13-2-4-15(24)5-3-13)19(32)11-31-20(33)22(35-21(31)34)7-6-14-8-18(29)17(25)9-16(14)22/h2-5,9,12,14H,6-8,10-11,29H2,1H3/t12-,14?,22?/m0/s1. The van der Waals surface area contributed by atoms with E-state index in [1.165, 1.54) is 12.1 Å². The van der Waals surface area contributed by atoms with Crippen molar-refractivity contribution >= 4 is 17.9 Å². The second kappa shape index (κ2) is 8.65. The average molecular weight is 499 g/mol. The summed E-state index contributed by atoms with van der Waals surface area (Å²) >= 11 is 0. The Balaban J connectivity index is 1.58. The number of ether oxygens (including phenoxy) is 1. The minimum absolute atomic E-state index is 0.0113. The van der Waals surface area contributed by atoms with Gasteiger partial charge in [0.25, 0.3) is 5.91 Å². The molecule has 1 saturated heterocycles. The summed E-state index contributed by atoms with van der Waals surface area (Å²) in [5.74, 6) is -3.78. The Morgan fingerprint density at radius 3 is 2.54 bits per heavy atom. The first-order valence-corrected chi connectivity index (χ1v) is 10.8. The third-order valence-electron chi connectivity index (χ3n) is 6.70. The van der Waals surface area contributed by atoms with E-state index in [2.05, 4.69) is 0 Å². The Hall–Kier alpha value is -3.44. The lowest BCUT2D eigenvalue weighted by atomic mass is 9.86. The van der Waals surface area contributed by atoms with E-state index in [9.17, 15) is 36.3 Å². The van der Waals surface area contributed by atoms with Gasteiger partial charge in [0.05, 0.1) is 0 Å². The largest absolute Gasteiger partial charge is 0.428 e. The molecule has 2 N–H and O–H groups in total. The summed E-state index contributed by atoms with van der Waals surface area (Å²) in [5.41, 5.74) is 4.28. The van der Waals surface area contributed by atoms with Gasteiger partial charge >= 0.3 is 12.3 Å². The Bertz CT molecular complexity index is 1130. The number of benzene rings is 1. The van der Waals surface area contributed by atoms with Crippen LogP contribution in [0, 0.1) is 11.7 Å². The minimum Gasteiger partial charge on any atom is -0.428 e. The highest BCUT2D eigenvalue weighted by molar-refractivity contribution is 6.07. The third kappa shape index (κ3) is 4.37. The molecule has 2 aliphatic carbocycles. The van der Waals surface area contributed by atoms with Crippen LogP contribution < -0.4 is 5.73 Å². The van der Waals surface area contributed by atoms with Crippen molar-refractivity contribution in [2.24, 2.45) is 11.7 Å². The first-order chi connectivity index (χ1) is 16.3. The second-order valence-electron chi connectivity index (χ2n) is 8.86. The van der Waals surface area contributed by atoms with Crippen molar-refractivity contribution < 1.29 is 41.1 Å². The van der Waals surface area contributed by atoms with Crippen molar-refractivity contribution in [2.75, 3.05) is 6.54 Å². The lowest BCUT2D eigenvalue weighted by Gasteiger charge is -2.31. The van der Waals surface area contributed by atoms with E-state index in [-0.39, 0.29) is 35.6 Å². The summed E-state index contributed by atoms with van der Waals surface area (Å²) < 4.78 is 73.2. The Kier molecular flexibility index (Phi) is 6.10. The predicted octanol–water partition coefficient (Wildman–Crippen LogP) is 3.70. The topological polar surface area (TPSA) is 92.9 Å². The van der Waals surface area contributed by atoms with Crippen LogP contribution in [-0.2, 0) is 20.9 Å². The second-order valence-corrected chi connectivity index (χ2v) is 8.86. The van der Waals surface area contributed by atoms with E-state index in [1.54, 1.807) is 0 Å². The molecule has 7 nitrogen and oxygen atoms in total. The third-order valence-corrected chi connectivity index (χ3v) is 6.70. The summed E-state index contributed by atoms with van der Waals surface area (Å²) in [4.78, 5) is 39.7. The van der Waals surface area contributed by atoms with Crippen LogP contribution in [0.3, 0.4) is 0 Å². The number of carbonyl (C=O) groups excluding carboxylic acids is 3. The van der Waals surface area contributed by atoms with Gasteiger partial charge in [0.15, 0.2) is 0 Å². The number of hydrogen-bond donors (Lipinski definition) is 1. The molecule has 3 atom stereocenters. The number of nitrogens with two attached hydrogens (primary N) is 1. The van der Waals surface area contributed by atoms with Gasteiger partial charge in [0, 0.05) is 18.7 Å². The Morgan fingerprint density at radius 2 is 1.91 bits per heavy atom. The predicted molar refractivity (Wildman–Crippen MR) is 111 cm³/mol. The Labute approximate surface area is 197 Å². The molecule has 1 aromatic rings. The van der Waals surface area contributed by atoms with Crippen molar-refractivity contribution in [3.63, 3.8) is 0 Å². The smallest absolute Gasteiger partial charge is 0.418 e. The van der Waals surface area contributed by atoms with E-state index in [1.807, 2.05) is 0 Å². The fourth-order valence-corrected chi connectivity index (χ4v) is 4.70. The molecule has 4 rings (SSSR count). The number of allylic oxidation sites excluding steroid dienone is 3. The zero-order chi connectivity index (χ0) is 25.7. The monoisotopic (exact) mass is 499 g/mol. The fraction of sp³-hybridized carbons (Fsp3) is 0.435. The summed E-state index contributed by atoms with van der Waals surface area (Å²) in [6, 6.07) is 2.27. The van der Waals surface area contributed by atoms with Crippen LogP contribution >= 0.6 is 0 Å². The maximum atomic E-state index is 14.1. The van der Waals surface area contributed by atoms with E-state index < -0.39 is 60.5 Å². The van der Waals surface area contributed by atoms with Crippen molar-refractivity contribution in [2.45, 2.75) is 50.6 Å². The number of alkyl halides is 3. The van der Waals surface area contributed by atoms with Gasteiger partial charge in [-0.25, -0.2) is 18.5 Å². The molecule has 1 aromatic carbocycles. The lowest BCUT2D eigenvalue weighted by molar-refractivity contribution is -0.187. The lowest BCUT2D eigenvalue weighted by Crippen LogP contribution is -2.51. The van der Waals surface area contributed by atoms with Gasteiger partial charge in [-0.1, -0.05) is 12.1 Å². The molecule has 12 heteroatoms. The van der Waals surface area contributed by atoms with Crippen LogP contribution in [0.25, 0.3) is 0 Å². The number of amides is 3. The van der Waals surface area contributed by atoms with Crippen LogP contribution in [0.15, 0.2) is 47.4 Å². The van der Waals surface area contributed by atoms with Crippen molar-refractivity contribution in [1.29, 1.82) is 0 Å². The van der Waals surface area contributed by atoms with Gasteiger partial charge in [-0.3, -0.25) is 9.59 Å². The summed E-state index contributed by atoms with van der Waals surface area (Å²) in [6.45, 7) is -0.773. The molecular formula is C23H22F5N3O4. The van der Waals surface area contributed by atoms with Gasteiger partial charge in [-0.2, -0.15) is 13.2 Å². The summed E-state index contributed by atoms with van der Waals surface area (Å²) in [5, 5.41) is 0. The minimum atomic E-state index is -4.80. The molecule has 35 heavy (non-hydrogen) atoms. The molecule has 0 aromatic heterocycles. The van der Waals surface area contributed by atoms with Crippen molar-refractivity contribution in [1.82, 2.24) is 9.80 Å². The first kappa shape index (κ1) is 24.7. The van der Waals surface area contributed by atoms with Crippen molar-refractivity contribution in [3.05, 3.63) is 58.8 Å². The highest BCUT2D eigenvalue weighted by Crippen LogP contribution is 2.51. The zero-order valence-corrected chi connectivity index (χ0v) is 18.6. The molecule has 1 spiro atoms. The van der Waals surface area contributed by atoms with Crippen LogP contribution in [0.4, 0.5) is 26.7 Å². The van der Waals surface area contributed by atoms with Crippen molar-refractivity contribution in [3.8, 4) is 0 Å². The summed E-state index contributed by atoms with van der Waals surface area (Å²) in [6.07, 6.45) is -4.40. The van der Waals surface area contributed by atoms with Crippen LogP contribution in [0.5, 0.6) is 0 Å². The zero-order valence-electron chi connectivity index (χ0n) is 18.6. The average Bonchev–Trinajstić information content (AvgIpc) is 3.24. The molecule has 3 aliphatic rings. The van der Waals surface area contributed by atoms with E-state index in [0.717, 1.165) is 25.1 Å². The molecule has 1 heterocycles. The molecule has 1 saturated carbocycles. The highest BCUT2D eigenvalue weighted by Gasteiger charge is 2.61. The summed E-state index contributed by atoms with van der Waals surface area (Å²) in [7, 11) is 0. The number of carbonyl (C=O) groups is 3.